The summed E-state index contributed by atoms with van der Waals surface area (Å²) in [7, 11) is 0. The number of furan rings is 1. The standard InChI is InChI=1S/C44H27NOS/c1-3-12-28(13-4-1)34-20-10-21-36-41-33(19-11-23-39(41)46-43(34)36)31-15-9-14-29(26-31)30-24-25-40-37(27-30)42-44(47-40)35-18-7-8-22-38(35)45(42)32-16-5-2-6-17-32/h1-27H. The molecule has 3 heteroatoms. The minimum atomic E-state index is 0.905. The molecule has 3 aromatic heterocycles. The smallest absolute Gasteiger partial charge is 0.143 e. The molecule has 10 aromatic rings. The quantitative estimate of drug-likeness (QED) is 0.192. The van der Waals surface area contributed by atoms with Crippen molar-refractivity contribution in [3.05, 3.63) is 164 Å². The maximum Gasteiger partial charge on any atom is 0.143 e. The Bertz CT molecular complexity index is 2780. The van der Waals surface area contributed by atoms with Gasteiger partial charge in [-0.25, -0.2) is 0 Å². The summed E-state index contributed by atoms with van der Waals surface area (Å²) in [5.74, 6) is 0. The van der Waals surface area contributed by atoms with E-state index < -0.39 is 0 Å². The Morgan fingerprint density at radius 3 is 2.04 bits per heavy atom. The molecule has 0 unspecified atom stereocenters. The second kappa shape index (κ2) is 10.3. The molecule has 0 atom stereocenters. The highest BCUT2D eigenvalue weighted by atomic mass is 32.1. The van der Waals surface area contributed by atoms with E-state index in [4.69, 9.17) is 4.42 Å². The minimum Gasteiger partial charge on any atom is -0.455 e. The molecular weight excluding hydrogens is 591 g/mol. The number of aromatic nitrogens is 1. The third kappa shape index (κ3) is 4.04. The lowest BCUT2D eigenvalue weighted by molar-refractivity contribution is 0.670. The molecule has 0 fully saturated rings. The molecule has 2 nitrogen and oxygen atoms in total. The van der Waals surface area contributed by atoms with Crippen molar-refractivity contribution in [1.29, 1.82) is 0 Å². The fourth-order valence-corrected chi connectivity index (χ4v) is 8.50. The first kappa shape index (κ1) is 26.3. The Kier molecular flexibility index (Phi) is 5.78. The van der Waals surface area contributed by atoms with Gasteiger partial charge in [0.1, 0.15) is 11.2 Å². The van der Waals surface area contributed by atoms with E-state index in [1.165, 1.54) is 59.1 Å². The van der Waals surface area contributed by atoms with Crippen molar-refractivity contribution < 1.29 is 4.42 Å². The molecule has 0 N–H and O–H groups in total. The summed E-state index contributed by atoms with van der Waals surface area (Å²) >= 11 is 1.88. The maximum atomic E-state index is 6.57. The van der Waals surface area contributed by atoms with Gasteiger partial charge >= 0.3 is 0 Å². The van der Waals surface area contributed by atoms with Crippen LogP contribution in [-0.2, 0) is 0 Å². The van der Waals surface area contributed by atoms with Crippen molar-refractivity contribution in [3.8, 4) is 39.1 Å². The molecular formula is C44H27NOS. The summed E-state index contributed by atoms with van der Waals surface area (Å²) in [5.41, 5.74) is 12.6. The Labute approximate surface area is 275 Å². The number of benzene rings is 7. The van der Waals surface area contributed by atoms with Crippen LogP contribution in [0.2, 0.25) is 0 Å². The van der Waals surface area contributed by atoms with E-state index in [-0.39, 0.29) is 0 Å². The van der Waals surface area contributed by atoms with Crippen molar-refractivity contribution >= 4 is 64.5 Å². The van der Waals surface area contributed by atoms with Gasteiger partial charge in [-0.05, 0) is 70.3 Å². The van der Waals surface area contributed by atoms with Crippen LogP contribution in [0, 0.1) is 0 Å². The SMILES string of the molecule is c1ccc(-c2cccc3c2oc2cccc(-c4cccc(-c5ccc6sc7c8ccccc8n(-c8ccccc8)c7c6c5)c4)c23)cc1. The highest BCUT2D eigenvalue weighted by molar-refractivity contribution is 7.26. The number of nitrogens with zero attached hydrogens (tertiary/aromatic N) is 1. The molecule has 0 saturated carbocycles. The van der Waals surface area contributed by atoms with Crippen molar-refractivity contribution in [3.63, 3.8) is 0 Å². The molecule has 0 radical (unpaired) electrons. The number of fused-ring (bicyclic) bond motifs is 8. The van der Waals surface area contributed by atoms with Crippen molar-refractivity contribution in [2.75, 3.05) is 0 Å². The van der Waals surface area contributed by atoms with Gasteiger partial charge in [-0.15, -0.1) is 11.3 Å². The van der Waals surface area contributed by atoms with Gasteiger partial charge < -0.3 is 8.98 Å². The lowest BCUT2D eigenvalue weighted by Gasteiger charge is -2.10. The van der Waals surface area contributed by atoms with E-state index in [1.807, 2.05) is 11.3 Å². The monoisotopic (exact) mass is 617 g/mol. The maximum absolute atomic E-state index is 6.57. The van der Waals surface area contributed by atoms with Crippen LogP contribution in [0.15, 0.2) is 168 Å². The second-order valence-electron chi connectivity index (χ2n) is 12.1. The van der Waals surface area contributed by atoms with Crippen LogP contribution in [0.1, 0.15) is 0 Å². The van der Waals surface area contributed by atoms with Gasteiger partial charge in [-0.3, -0.25) is 0 Å². The predicted molar refractivity (Wildman–Crippen MR) is 200 cm³/mol. The van der Waals surface area contributed by atoms with Crippen LogP contribution < -0.4 is 0 Å². The summed E-state index contributed by atoms with van der Waals surface area (Å²) in [6.45, 7) is 0. The molecule has 0 aliphatic rings. The molecule has 0 bridgehead atoms. The molecule has 47 heavy (non-hydrogen) atoms. The molecule has 0 aliphatic carbocycles. The third-order valence-corrected chi connectivity index (χ3v) is 10.6. The third-order valence-electron chi connectivity index (χ3n) is 9.40. The number of para-hydroxylation sites is 3. The zero-order chi connectivity index (χ0) is 30.9. The Hall–Kier alpha value is -5.90. The number of thiophene rings is 1. The summed E-state index contributed by atoms with van der Waals surface area (Å²) in [5, 5.41) is 4.87. The van der Waals surface area contributed by atoms with E-state index in [0.29, 0.717) is 0 Å². The summed E-state index contributed by atoms with van der Waals surface area (Å²) < 4.78 is 11.6. The molecule has 7 aromatic carbocycles. The molecule has 220 valence electrons. The van der Waals surface area contributed by atoms with E-state index >= 15 is 0 Å². The molecule has 0 saturated heterocycles. The van der Waals surface area contributed by atoms with Crippen molar-refractivity contribution in [2.24, 2.45) is 0 Å². The highest BCUT2D eigenvalue weighted by Gasteiger charge is 2.19. The summed E-state index contributed by atoms with van der Waals surface area (Å²) in [4.78, 5) is 0. The average molecular weight is 618 g/mol. The molecule has 0 aliphatic heterocycles. The normalized spacial score (nSPS) is 11.8. The topological polar surface area (TPSA) is 18.1 Å². The van der Waals surface area contributed by atoms with Gasteiger partial charge in [0.05, 0.1) is 15.7 Å². The summed E-state index contributed by atoms with van der Waals surface area (Å²) in [6, 6.07) is 58.7. The fraction of sp³-hybridized carbons (Fsp3) is 0. The Morgan fingerprint density at radius 1 is 0.468 bits per heavy atom. The molecule has 10 rings (SSSR count). The van der Waals surface area contributed by atoms with Gasteiger partial charge in [-0.1, -0.05) is 121 Å². The van der Waals surface area contributed by atoms with Crippen molar-refractivity contribution in [2.45, 2.75) is 0 Å². The second-order valence-corrected chi connectivity index (χ2v) is 13.1. The van der Waals surface area contributed by atoms with E-state index in [9.17, 15) is 0 Å². The van der Waals surface area contributed by atoms with E-state index in [0.717, 1.165) is 33.1 Å². The number of rotatable bonds is 4. The zero-order valence-electron chi connectivity index (χ0n) is 25.4. The zero-order valence-corrected chi connectivity index (χ0v) is 26.2. The first-order valence-corrected chi connectivity index (χ1v) is 16.7. The van der Waals surface area contributed by atoms with E-state index in [1.54, 1.807) is 0 Å². The highest BCUT2D eigenvalue weighted by Crippen LogP contribution is 2.44. The van der Waals surface area contributed by atoms with Gasteiger partial charge in [-0.2, -0.15) is 0 Å². The fourth-order valence-electron chi connectivity index (χ4n) is 7.29. The van der Waals surface area contributed by atoms with Crippen LogP contribution in [0.4, 0.5) is 0 Å². The first-order chi connectivity index (χ1) is 23.3. The minimum absolute atomic E-state index is 0.905. The van der Waals surface area contributed by atoms with Gasteiger partial charge in [0.2, 0.25) is 0 Å². The first-order valence-electron chi connectivity index (χ1n) is 15.9. The van der Waals surface area contributed by atoms with Crippen LogP contribution in [-0.4, -0.2) is 4.57 Å². The van der Waals surface area contributed by atoms with Crippen LogP contribution in [0.5, 0.6) is 0 Å². The molecule has 3 heterocycles. The van der Waals surface area contributed by atoms with Crippen LogP contribution in [0.3, 0.4) is 0 Å². The Morgan fingerprint density at radius 2 is 1.15 bits per heavy atom. The molecule has 0 spiro atoms. The van der Waals surface area contributed by atoms with Gasteiger partial charge in [0.25, 0.3) is 0 Å². The Balaban J connectivity index is 1.15. The predicted octanol–water partition coefficient (Wildman–Crippen LogP) is 12.9. The average Bonchev–Trinajstić information content (AvgIpc) is 3.81. The molecule has 0 amide bonds. The number of hydrogen-bond acceptors (Lipinski definition) is 2. The lowest BCUT2D eigenvalue weighted by Crippen LogP contribution is -1.92. The van der Waals surface area contributed by atoms with Crippen LogP contribution >= 0.6 is 11.3 Å². The largest absolute Gasteiger partial charge is 0.455 e. The van der Waals surface area contributed by atoms with Crippen LogP contribution in [0.25, 0.3) is 92.2 Å². The van der Waals surface area contributed by atoms with Gasteiger partial charge in [0, 0.05) is 37.5 Å². The lowest BCUT2D eigenvalue weighted by atomic mass is 9.95. The van der Waals surface area contributed by atoms with E-state index in [2.05, 4.69) is 168 Å². The number of hydrogen-bond donors (Lipinski definition) is 0. The van der Waals surface area contributed by atoms with Crippen molar-refractivity contribution in [1.82, 2.24) is 4.57 Å². The van der Waals surface area contributed by atoms with Gasteiger partial charge in [0.15, 0.2) is 0 Å². The summed E-state index contributed by atoms with van der Waals surface area (Å²) in [6.07, 6.45) is 0.